The molecule has 0 radical (unpaired) electrons. The van der Waals surface area contributed by atoms with Crippen LogP contribution in [-0.2, 0) is 6.42 Å². The number of aromatic nitrogens is 2. The molecule has 2 aromatic rings. The number of rotatable bonds is 2. The summed E-state index contributed by atoms with van der Waals surface area (Å²) in [6, 6.07) is 11.2. The lowest BCUT2D eigenvalue weighted by Gasteiger charge is -2.07. The first kappa shape index (κ1) is 12.3. The smallest absolute Gasteiger partial charge is 0.222 e. The molecule has 0 saturated heterocycles. The summed E-state index contributed by atoms with van der Waals surface area (Å²) in [5, 5.41) is 17.7. The van der Waals surface area contributed by atoms with Crippen molar-refractivity contribution in [3.63, 3.8) is 0 Å². The first-order chi connectivity index (χ1) is 9.15. The quantitative estimate of drug-likeness (QED) is 0.825. The summed E-state index contributed by atoms with van der Waals surface area (Å²) in [5.74, 6) is 0.0821. The van der Waals surface area contributed by atoms with Gasteiger partial charge in [-0.15, -0.1) is 0 Å². The van der Waals surface area contributed by atoms with Gasteiger partial charge in [0.15, 0.2) is 0 Å². The van der Waals surface area contributed by atoms with Gasteiger partial charge in [-0.05, 0) is 5.56 Å². The molecule has 4 N–H and O–H groups in total. The van der Waals surface area contributed by atoms with E-state index in [1.807, 2.05) is 6.07 Å². The molecule has 0 aliphatic rings. The Morgan fingerprint density at radius 3 is 2.32 bits per heavy atom. The Morgan fingerprint density at radius 2 is 1.74 bits per heavy atom. The van der Waals surface area contributed by atoms with Crippen molar-refractivity contribution in [2.75, 3.05) is 11.5 Å². The van der Waals surface area contributed by atoms with Crippen LogP contribution in [0.15, 0.2) is 24.3 Å². The summed E-state index contributed by atoms with van der Waals surface area (Å²) in [4.78, 5) is 7.81. The van der Waals surface area contributed by atoms with Gasteiger partial charge in [-0.1, -0.05) is 24.3 Å². The van der Waals surface area contributed by atoms with Crippen molar-refractivity contribution in [2.45, 2.75) is 6.42 Å². The molecule has 6 heteroatoms. The number of benzene rings is 1. The van der Waals surface area contributed by atoms with Gasteiger partial charge in [-0.2, -0.15) is 15.5 Å². The standard InChI is InChI=1S/C13H10N6/c14-6-5-8-1-3-9(4-2-8)11-10(7-15)12(16)19-13(17)18-11/h1-4H,5H2,(H4,16,17,18,19). The molecular formula is C13H10N6. The van der Waals surface area contributed by atoms with E-state index < -0.39 is 0 Å². The molecular weight excluding hydrogens is 240 g/mol. The van der Waals surface area contributed by atoms with Crippen molar-refractivity contribution in [1.82, 2.24) is 9.97 Å². The highest BCUT2D eigenvalue weighted by Gasteiger charge is 2.12. The van der Waals surface area contributed by atoms with Crippen LogP contribution in [-0.4, -0.2) is 9.97 Å². The highest BCUT2D eigenvalue weighted by Crippen LogP contribution is 2.25. The van der Waals surface area contributed by atoms with Crippen molar-refractivity contribution in [1.29, 1.82) is 10.5 Å². The van der Waals surface area contributed by atoms with Crippen molar-refractivity contribution < 1.29 is 0 Å². The topological polar surface area (TPSA) is 125 Å². The van der Waals surface area contributed by atoms with E-state index in [1.54, 1.807) is 24.3 Å². The molecule has 0 spiro atoms. The maximum Gasteiger partial charge on any atom is 0.222 e. The third-order valence-electron chi connectivity index (χ3n) is 2.58. The molecule has 0 bridgehead atoms. The molecule has 1 heterocycles. The number of anilines is 2. The van der Waals surface area contributed by atoms with Crippen molar-refractivity contribution in [3.05, 3.63) is 35.4 Å². The molecule has 0 aliphatic carbocycles. The van der Waals surface area contributed by atoms with Gasteiger partial charge in [0, 0.05) is 5.56 Å². The lowest BCUT2D eigenvalue weighted by Crippen LogP contribution is -2.04. The minimum Gasteiger partial charge on any atom is -0.382 e. The molecule has 2 rings (SSSR count). The second-order valence-electron chi connectivity index (χ2n) is 3.83. The summed E-state index contributed by atoms with van der Waals surface area (Å²) in [6.45, 7) is 0. The largest absolute Gasteiger partial charge is 0.382 e. The normalized spacial score (nSPS) is 9.58. The highest BCUT2D eigenvalue weighted by molar-refractivity contribution is 5.73. The van der Waals surface area contributed by atoms with E-state index in [9.17, 15) is 0 Å². The van der Waals surface area contributed by atoms with E-state index in [0.717, 1.165) is 5.56 Å². The van der Waals surface area contributed by atoms with Crippen LogP contribution in [0, 0.1) is 22.7 Å². The van der Waals surface area contributed by atoms with Gasteiger partial charge in [0.2, 0.25) is 5.95 Å². The lowest BCUT2D eigenvalue weighted by molar-refractivity contribution is 1.18. The van der Waals surface area contributed by atoms with Gasteiger partial charge in [0.25, 0.3) is 0 Å². The van der Waals surface area contributed by atoms with Crippen LogP contribution < -0.4 is 11.5 Å². The van der Waals surface area contributed by atoms with Gasteiger partial charge in [-0.3, -0.25) is 0 Å². The third kappa shape index (κ3) is 2.43. The molecule has 0 unspecified atom stereocenters. The number of nitriles is 2. The molecule has 0 amide bonds. The Morgan fingerprint density at radius 1 is 1.05 bits per heavy atom. The zero-order valence-electron chi connectivity index (χ0n) is 9.96. The van der Waals surface area contributed by atoms with Crippen LogP contribution in [0.1, 0.15) is 11.1 Å². The Kier molecular flexibility index (Phi) is 3.26. The molecule has 0 fully saturated rings. The number of hydrogen-bond acceptors (Lipinski definition) is 6. The second-order valence-corrected chi connectivity index (χ2v) is 3.83. The molecule has 0 aliphatic heterocycles. The fourth-order valence-electron chi connectivity index (χ4n) is 1.69. The third-order valence-corrected chi connectivity index (χ3v) is 2.58. The summed E-state index contributed by atoms with van der Waals surface area (Å²) in [5.41, 5.74) is 13.4. The van der Waals surface area contributed by atoms with Crippen LogP contribution in [0.2, 0.25) is 0 Å². The molecule has 0 saturated carbocycles. The Bertz CT molecular complexity index is 691. The van der Waals surface area contributed by atoms with Crippen molar-refractivity contribution in [2.24, 2.45) is 0 Å². The SMILES string of the molecule is N#CCc1ccc(-c2nc(N)nc(N)c2C#N)cc1. The van der Waals surface area contributed by atoms with E-state index in [2.05, 4.69) is 16.0 Å². The Balaban J connectivity index is 2.53. The van der Waals surface area contributed by atoms with E-state index in [-0.39, 0.29) is 17.3 Å². The average Bonchev–Trinajstić information content (AvgIpc) is 2.39. The summed E-state index contributed by atoms with van der Waals surface area (Å²) >= 11 is 0. The lowest BCUT2D eigenvalue weighted by atomic mass is 10.0. The summed E-state index contributed by atoms with van der Waals surface area (Å²) in [6.07, 6.45) is 0.333. The van der Waals surface area contributed by atoms with Crippen molar-refractivity contribution >= 4 is 11.8 Å². The Labute approximate surface area is 109 Å². The van der Waals surface area contributed by atoms with Crippen LogP contribution in [0.3, 0.4) is 0 Å². The van der Waals surface area contributed by atoms with Gasteiger partial charge in [0.1, 0.15) is 17.5 Å². The predicted molar refractivity (Wildman–Crippen MR) is 70.3 cm³/mol. The fraction of sp³-hybridized carbons (Fsp3) is 0.0769. The minimum absolute atomic E-state index is 0.0209. The first-order valence-electron chi connectivity index (χ1n) is 5.45. The highest BCUT2D eigenvalue weighted by atomic mass is 15.0. The number of nitrogens with zero attached hydrogens (tertiary/aromatic N) is 4. The molecule has 19 heavy (non-hydrogen) atoms. The second kappa shape index (κ2) is 5.03. The first-order valence-corrected chi connectivity index (χ1v) is 5.45. The van der Waals surface area contributed by atoms with Crippen LogP contribution >= 0.6 is 0 Å². The summed E-state index contributed by atoms with van der Waals surface area (Å²) in [7, 11) is 0. The maximum atomic E-state index is 9.10. The molecule has 1 aromatic heterocycles. The van der Waals surface area contributed by atoms with E-state index >= 15 is 0 Å². The minimum atomic E-state index is 0.0209. The van der Waals surface area contributed by atoms with Crippen LogP contribution in [0.5, 0.6) is 0 Å². The van der Waals surface area contributed by atoms with Crippen LogP contribution in [0.25, 0.3) is 11.3 Å². The monoisotopic (exact) mass is 250 g/mol. The predicted octanol–water partition coefficient (Wildman–Crippen LogP) is 1.25. The maximum absolute atomic E-state index is 9.10. The van der Waals surface area contributed by atoms with Crippen LogP contribution in [0.4, 0.5) is 11.8 Å². The van der Waals surface area contributed by atoms with Gasteiger partial charge >= 0.3 is 0 Å². The average molecular weight is 250 g/mol. The fourth-order valence-corrected chi connectivity index (χ4v) is 1.69. The van der Waals surface area contributed by atoms with Crippen molar-refractivity contribution in [3.8, 4) is 23.4 Å². The van der Waals surface area contributed by atoms with E-state index in [0.29, 0.717) is 17.7 Å². The van der Waals surface area contributed by atoms with Gasteiger partial charge in [-0.25, -0.2) is 4.98 Å². The van der Waals surface area contributed by atoms with Gasteiger partial charge < -0.3 is 11.5 Å². The number of nitrogen functional groups attached to an aromatic ring is 2. The van der Waals surface area contributed by atoms with Gasteiger partial charge in [0.05, 0.1) is 18.2 Å². The number of hydrogen-bond donors (Lipinski definition) is 2. The van der Waals surface area contributed by atoms with E-state index in [4.69, 9.17) is 22.0 Å². The molecule has 92 valence electrons. The summed E-state index contributed by atoms with van der Waals surface area (Å²) < 4.78 is 0. The zero-order chi connectivity index (χ0) is 13.8. The van der Waals surface area contributed by atoms with E-state index in [1.165, 1.54) is 0 Å². The number of nitrogens with two attached hydrogens (primary N) is 2. The molecule has 0 atom stereocenters. The molecule has 1 aromatic carbocycles. The zero-order valence-corrected chi connectivity index (χ0v) is 9.96. The molecule has 6 nitrogen and oxygen atoms in total. The Hall–Kier alpha value is -3.12.